The number of carbonyl (C=O) groups excluding carboxylic acids is 2. The Morgan fingerprint density at radius 3 is 2.47 bits per heavy atom. The van der Waals surface area contributed by atoms with Gasteiger partial charge in [-0.1, -0.05) is 0 Å². The van der Waals surface area contributed by atoms with E-state index in [1.54, 1.807) is 0 Å². The van der Waals surface area contributed by atoms with Crippen molar-refractivity contribution in [2.75, 3.05) is 13.7 Å². The molecule has 0 aromatic rings. The lowest BCUT2D eigenvalue weighted by Gasteiger charge is -2.23. The van der Waals surface area contributed by atoms with Gasteiger partial charge in [0, 0.05) is 7.11 Å². The van der Waals surface area contributed by atoms with Gasteiger partial charge in [-0.05, 0) is 6.42 Å². The number of hydrogen-bond donors (Lipinski definition) is 1. The number of carbonyl (C=O) groups is 3. The number of rotatable bonds is 4. The van der Waals surface area contributed by atoms with Crippen molar-refractivity contribution in [3.63, 3.8) is 0 Å². The third-order valence-electron chi connectivity index (χ3n) is 2.82. The Bertz CT molecular complexity index is 319. The minimum absolute atomic E-state index is 0.160. The van der Waals surface area contributed by atoms with Crippen molar-refractivity contribution in [3.8, 4) is 0 Å². The van der Waals surface area contributed by atoms with Crippen molar-refractivity contribution >= 4 is 17.8 Å². The van der Waals surface area contributed by atoms with Gasteiger partial charge in [0.2, 0.25) is 11.8 Å². The summed E-state index contributed by atoms with van der Waals surface area (Å²) in [6, 6.07) is -1.18. The molecule has 2 amide bonds. The average molecular weight is 213 g/mol. The molecule has 2 aliphatic rings. The van der Waals surface area contributed by atoms with Crippen LogP contribution >= 0.6 is 0 Å². The number of amides is 2. The van der Waals surface area contributed by atoms with Gasteiger partial charge in [-0.25, -0.2) is 4.79 Å². The number of carboxylic acid groups (broad SMARTS) is 1. The van der Waals surface area contributed by atoms with Crippen molar-refractivity contribution in [1.82, 2.24) is 4.90 Å². The number of imide groups is 1. The fourth-order valence-electron chi connectivity index (χ4n) is 1.93. The first kappa shape index (κ1) is 10.1. The molecule has 0 aromatic heterocycles. The summed E-state index contributed by atoms with van der Waals surface area (Å²) < 4.78 is 4.70. The first-order valence-corrected chi connectivity index (χ1v) is 4.66. The van der Waals surface area contributed by atoms with Gasteiger partial charge >= 0.3 is 5.97 Å². The topological polar surface area (TPSA) is 83.9 Å². The number of hydrogen-bond acceptors (Lipinski definition) is 4. The SMILES string of the molecule is COCC(C(=O)O)N1C(=O)C2CC2C1=O. The van der Waals surface area contributed by atoms with Crippen molar-refractivity contribution in [2.45, 2.75) is 12.5 Å². The first-order valence-electron chi connectivity index (χ1n) is 4.66. The van der Waals surface area contributed by atoms with Crippen molar-refractivity contribution in [3.05, 3.63) is 0 Å². The standard InChI is InChI=1S/C9H11NO5/c1-15-3-6(9(13)14)10-7(11)4-2-5(4)8(10)12/h4-6H,2-3H2,1H3,(H,13,14). The zero-order chi connectivity index (χ0) is 11.2. The predicted octanol–water partition coefficient (Wildman–Crippen LogP) is -0.909. The lowest BCUT2D eigenvalue weighted by Crippen LogP contribution is -2.48. The molecular weight excluding hydrogens is 202 g/mol. The number of ether oxygens (including phenoxy) is 1. The van der Waals surface area contributed by atoms with Gasteiger partial charge in [0.05, 0.1) is 18.4 Å². The summed E-state index contributed by atoms with van der Waals surface area (Å²) in [7, 11) is 1.34. The van der Waals surface area contributed by atoms with E-state index in [2.05, 4.69) is 0 Å². The van der Waals surface area contributed by atoms with E-state index >= 15 is 0 Å². The lowest BCUT2D eigenvalue weighted by molar-refractivity contribution is -0.158. The number of aliphatic carboxylic acids is 1. The highest BCUT2D eigenvalue weighted by Crippen LogP contribution is 2.47. The number of likely N-dealkylation sites (tertiary alicyclic amines) is 1. The number of nitrogens with zero attached hydrogens (tertiary/aromatic N) is 1. The smallest absolute Gasteiger partial charge is 0.329 e. The van der Waals surface area contributed by atoms with Crippen LogP contribution in [0.3, 0.4) is 0 Å². The molecule has 6 nitrogen and oxygen atoms in total. The van der Waals surface area contributed by atoms with E-state index in [0.717, 1.165) is 4.90 Å². The fraction of sp³-hybridized carbons (Fsp3) is 0.667. The zero-order valence-corrected chi connectivity index (χ0v) is 8.17. The van der Waals surface area contributed by atoms with Crippen molar-refractivity contribution in [1.29, 1.82) is 0 Å². The minimum atomic E-state index is -1.21. The molecule has 0 spiro atoms. The van der Waals surface area contributed by atoms with Crippen LogP contribution in [0.2, 0.25) is 0 Å². The summed E-state index contributed by atoms with van der Waals surface area (Å²) in [6.07, 6.45) is 0.577. The number of methoxy groups -OCH3 is 1. The maximum Gasteiger partial charge on any atom is 0.329 e. The molecule has 3 unspecified atom stereocenters. The highest BCUT2D eigenvalue weighted by atomic mass is 16.5. The molecule has 6 heteroatoms. The van der Waals surface area contributed by atoms with E-state index in [1.165, 1.54) is 7.11 Å². The molecule has 1 aliphatic heterocycles. The molecule has 1 aliphatic carbocycles. The van der Waals surface area contributed by atoms with Crippen LogP contribution in [-0.4, -0.2) is 47.5 Å². The van der Waals surface area contributed by atoms with Gasteiger partial charge in [-0.3, -0.25) is 14.5 Å². The number of carboxylic acids is 1. The largest absolute Gasteiger partial charge is 0.480 e. The Labute approximate surface area is 85.8 Å². The molecule has 0 bridgehead atoms. The second-order valence-electron chi connectivity index (χ2n) is 3.80. The molecule has 3 atom stereocenters. The number of piperidine rings is 1. The Hall–Kier alpha value is -1.43. The zero-order valence-electron chi connectivity index (χ0n) is 8.17. The Morgan fingerprint density at radius 1 is 1.53 bits per heavy atom. The lowest BCUT2D eigenvalue weighted by atomic mass is 10.2. The van der Waals surface area contributed by atoms with Crippen LogP contribution in [0.25, 0.3) is 0 Å². The first-order chi connectivity index (χ1) is 7.07. The maximum atomic E-state index is 11.6. The van der Waals surface area contributed by atoms with Crippen LogP contribution in [0.1, 0.15) is 6.42 Å². The summed E-state index contributed by atoms with van der Waals surface area (Å²) >= 11 is 0. The third kappa shape index (κ3) is 1.41. The van der Waals surface area contributed by atoms with Gasteiger partial charge < -0.3 is 9.84 Å². The summed E-state index contributed by atoms with van der Waals surface area (Å²) in [4.78, 5) is 34.8. The van der Waals surface area contributed by atoms with Gasteiger partial charge in [-0.2, -0.15) is 0 Å². The molecule has 1 saturated carbocycles. The van der Waals surface area contributed by atoms with E-state index in [9.17, 15) is 14.4 Å². The molecule has 1 saturated heterocycles. The molecule has 15 heavy (non-hydrogen) atoms. The van der Waals surface area contributed by atoms with E-state index in [4.69, 9.17) is 9.84 Å². The molecule has 0 aromatic carbocycles. The van der Waals surface area contributed by atoms with E-state index in [-0.39, 0.29) is 30.3 Å². The monoisotopic (exact) mass is 213 g/mol. The highest BCUT2D eigenvalue weighted by Gasteiger charge is 2.61. The Balaban J connectivity index is 2.17. The van der Waals surface area contributed by atoms with Crippen LogP contribution in [0, 0.1) is 11.8 Å². The maximum absolute atomic E-state index is 11.6. The highest BCUT2D eigenvalue weighted by molar-refractivity contribution is 6.11. The summed E-state index contributed by atoms with van der Waals surface area (Å²) in [5.74, 6) is -2.48. The van der Waals surface area contributed by atoms with Gasteiger partial charge in [0.15, 0.2) is 6.04 Å². The molecule has 1 heterocycles. The van der Waals surface area contributed by atoms with Crippen LogP contribution in [-0.2, 0) is 19.1 Å². The third-order valence-corrected chi connectivity index (χ3v) is 2.82. The predicted molar refractivity (Wildman–Crippen MR) is 46.7 cm³/mol. The minimum Gasteiger partial charge on any atom is -0.480 e. The second kappa shape index (κ2) is 3.30. The quantitative estimate of drug-likeness (QED) is 0.611. The van der Waals surface area contributed by atoms with Crippen LogP contribution in [0.15, 0.2) is 0 Å². The molecule has 2 rings (SSSR count). The number of fused-ring (bicyclic) bond motifs is 1. The van der Waals surface area contributed by atoms with Gasteiger partial charge in [0.25, 0.3) is 0 Å². The summed E-state index contributed by atoms with van der Waals surface area (Å²) in [5, 5.41) is 8.88. The van der Waals surface area contributed by atoms with Crippen molar-refractivity contribution < 1.29 is 24.2 Å². The molecular formula is C9H11NO5. The Kier molecular flexibility index (Phi) is 2.22. The Morgan fingerprint density at radius 2 is 2.07 bits per heavy atom. The van der Waals surface area contributed by atoms with Gasteiger partial charge in [-0.15, -0.1) is 0 Å². The molecule has 1 N–H and O–H groups in total. The fourth-order valence-corrected chi connectivity index (χ4v) is 1.93. The second-order valence-corrected chi connectivity index (χ2v) is 3.80. The molecule has 82 valence electrons. The molecule has 0 radical (unpaired) electrons. The van der Waals surface area contributed by atoms with Crippen LogP contribution < -0.4 is 0 Å². The van der Waals surface area contributed by atoms with E-state index in [1.807, 2.05) is 0 Å². The summed E-state index contributed by atoms with van der Waals surface area (Å²) in [6.45, 7) is -0.160. The van der Waals surface area contributed by atoms with Crippen LogP contribution in [0.5, 0.6) is 0 Å². The van der Waals surface area contributed by atoms with Gasteiger partial charge in [0.1, 0.15) is 0 Å². The van der Waals surface area contributed by atoms with Crippen molar-refractivity contribution in [2.24, 2.45) is 11.8 Å². The average Bonchev–Trinajstić information content (AvgIpc) is 2.91. The van der Waals surface area contributed by atoms with E-state index < -0.39 is 12.0 Å². The van der Waals surface area contributed by atoms with Crippen LogP contribution in [0.4, 0.5) is 0 Å². The summed E-state index contributed by atoms with van der Waals surface area (Å²) in [5.41, 5.74) is 0. The molecule has 2 fully saturated rings. The normalized spacial score (nSPS) is 30.3. The van der Waals surface area contributed by atoms with E-state index in [0.29, 0.717) is 6.42 Å².